The van der Waals surface area contributed by atoms with Crippen molar-refractivity contribution in [2.75, 3.05) is 5.75 Å². The second kappa shape index (κ2) is 4.47. The van der Waals surface area contributed by atoms with E-state index in [-0.39, 0.29) is 5.78 Å². The molecule has 0 aliphatic carbocycles. The number of thioether (sulfide) groups is 1. The molecule has 0 fully saturated rings. The van der Waals surface area contributed by atoms with E-state index in [0.29, 0.717) is 5.75 Å². The van der Waals surface area contributed by atoms with Crippen LogP contribution in [-0.4, -0.2) is 11.5 Å². The van der Waals surface area contributed by atoms with Gasteiger partial charge in [0.2, 0.25) is 0 Å². The third-order valence-electron chi connectivity index (χ3n) is 1.92. The molecule has 0 N–H and O–H groups in total. The van der Waals surface area contributed by atoms with E-state index in [4.69, 9.17) is 0 Å². The van der Waals surface area contributed by atoms with Gasteiger partial charge in [-0.2, -0.15) is 0 Å². The molecule has 1 aromatic rings. The first-order valence-corrected chi connectivity index (χ1v) is 5.27. The minimum atomic E-state index is 0.225. The summed E-state index contributed by atoms with van der Waals surface area (Å²) in [5.41, 5.74) is 2.58. The molecule has 0 aromatic heterocycles. The van der Waals surface area contributed by atoms with E-state index in [1.807, 2.05) is 0 Å². The van der Waals surface area contributed by atoms with Crippen molar-refractivity contribution in [3.05, 3.63) is 29.3 Å². The first-order valence-electron chi connectivity index (χ1n) is 4.29. The van der Waals surface area contributed by atoms with Gasteiger partial charge < -0.3 is 0 Å². The molecular formula is C11H14OS. The second-order valence-electron chi connectivity index (χ2n) is 3.24. The molecule has 1 aromatic carbocycles. The second-order valence-corrected chi connectivity index (χ2v) is 4.29. The number of carbonyl (C=O) groups excluding carboxylic acids is 1. The molecule has 0 heterocycles. The topological polar surface area (TPSA) is 17.1 Å². The highest BCUT2D eigenvalue weighted by Gasteiger charge is 1.98. The Bertz CT molecular complexity index is 318. The number of aryl methyl sites for hydroxylation is 2. The fraction of sp³-hybridized carbons (Fsp3) is 0.364. The molecule has 0 bridgehead atoms. The van der Waals surface area contributed by atoms with Crippen LogP contribution in [0.1, 0.15) is 18.1 Å². The van der Waals surface area contributed by atoms with Crippen molar-refractivity contribution in [2.24, 2.45) is 0 Å². The summed E-state index contributed by atoms with van der Waals surface area (Å²) in [7, 11) is 0. The standard InChI is InChI=1S/C11H14OS/c1-8-4-5-11(6-9(8)2)13-7-10(3)12/h4-6H,7H2,1-3H3. The summed E-state index contributed by atoms with van der Waals surface area (Å²) in [5.74, 6) is 0.797. The maximum atomic E-state index is 10.7. The Morgan fingerprint density at radius 2 is 2.00 bits per heavy atom. The average Bonchev–Trinajstić information content (AvgIpc) is 2.07. The molecular weight excluding hydrogens is 180 g/mol. The van der Waals surface area contributed by atoms with Crippen molar-refractivity contribution < 1.29 is 4.79 Å². The van der Waals surface area contributed by atoms with Gasteiger partial charge in [0.15, 0.2) is 0 Å². The van der Waals surface area contributed by atoms with E-state index in [2.05, 4.69) is 32.0 Å². The Morgan fingerprint density at radius 3 is 2.54 bits per heavy atom. The molecule has 0 aliphatic rings. The Labute approximate surface area is 83.5 Å². The zero-order chi connectivity index (χ0) is 9.84. The normalized spacial score (nSPS) is 10.1. The van der Waals surface area contributed by atoms with Crippen molar-refractivity contribution in [2.45, 2.75) is 25.7 Å². The third-order valence-corrected chi connectivity index (χ3v) is 3.06. The van der Waals surface area contributed by atoms with Crippen molar-refractivity contribution in [1.82, 2.24) is 0 Å². The largest absolute Gasteiger partial charge is 0.299 e. The van der Waals surface area contributed by atoms with Crippen LogP contribution in [0, 0.1) is 13.8 Å². The maximum absolute atomic E-state index is 10.7. The molecule has 2 heteroatoms. The zero-order valence-electron chi connectivity index (χ0n) is 8.26. The van der Waals surface area contributed by atoms with Crippen LogP contribution in [-0.2, 0) is 4.79 Å². The molecule has 70 valence electrons. The fourth-order valence-corrected chi connectivity index (χ4v) is 1.78. The number of rotatable bonds is 3. The summed E-state index contributed by atoms with van der Waals surface area (Å²) < 4.78 is 0. The minimum absolute atomic E-state index is 0.225. The van der Waals surface area contributed by atoms with Gasteiger partial charge in [-0.3, -0.25) is 4.79 Å². The van der Waals surface area contributed by atoms with E-state index in [9.17, 15) is 4.79 Å². The van der Waals surface area contributed by atoms with Crippen LogP contribution in [0.15, 0.2) is 23.1 Å². The minimum Gasteiger partial charge on any atom is -0.299 e. The van der Waals surface area contributed by atoms with E-state index >= 15 is 0 Å². The molecule has 0 aliphatic heterocycles. The highest BCUT2D eigenvalue weighted by Crippen LogP contribution is 2.20. The number of carbonyl (C=O) groups is 1. The van der Waals surface area contributed by atoms with Gasteiger partial charge in [0.05, 0.1) is 5.75 Å². The Hall–Kier alpha value is -0.760. The van der Waals surface area contributed by atoms with Gasteiger partial charge in [0.25, 0.3) is 0 Å². The summed E-state index contributed by atoms with van der Waals surface area (Å²) >= 11 is 1.60. The lowest BCUT2D eigenvalue weighted by Crippen LogP contribution is -1.92. The van der Waals surface area contributed by atoms with E-state index < -0.39 is 0 Å². The van der Waals surface area contributed by atoms with Gasteiger partial charge in [0, 0.05) is 4.90 Å². The fourth-order valence-electron chi connectivity index (χ4n) is 0.989. The highest BCUT2D eigenvalue weighted by molar-refractivity contribution is 8.00. The smallest absolute Gasteiger partial charge is 0.140 e. The first kappa shape index (κ1) is 10.3. The van der Waals surface area contributed by atoms with Crippen molar-refractivity contribution >= 4 is 17.5 Å². The molecule has 0 saturated carbocycles. The lowest BCUT2D eigenvalue weighted by atomic mass is 10.1. The van der Waals surface area contributed by atoms with Gasteiger partial charge in [-0.1, -0.05) is 6.07 Å². The number of hydrogen-bond acceptors (Lipinski definition) is 2. The van der Waals surface area contributed by atoms with Crippen molar-refractivity contribution in [1.29, 1.82) is 0 Å². The first-order chi connectivity index (χ1) is 6.09. The van der Waals surface area contributed by atoms with Crippen LogP contribution in [0.3, 0.4) is 0 Å². The van der Waals surface area contributed by atoms with Gasteiger partial charge in [0.1, 0.15) is 5.78 Å². The van der Waals surface area contributed by atoms with Gasteiger partial charge in [-0.15, -0.1) is 11.8 Å². The molecule has 1 rings (SSSR count). The Kier molecular flexibility index (Phi) is 3.55. The zero-order valence-corrected chi connectivity index (χ0v) is 9.07. The van der Waals surface area contributed by atoms with Gasteiger partial charge in [-0.25, -0.2) is 0 Å². The number of Topliss-reactive ketones (excluding diaryl/α,β-unsaturated/α-hetero) is 1. The van der Waals surface area contributed by atoms with Crippen molar-refractivity contribution in [3.8, 4) is 0 Å². The molecule has 0 amide bonds. The third kappa shape index (κ3) is 3.23. The van der Waals surface area contributed by atoms with Crippen LogP contribution in [0.5, 0.6) is 0 Å². The van der Waals surface area contributed by atoms with Crippen LogP contribution in [0.25, 0.3) is 0 Å². The molecule has 13 heavy (non-hydrogen) atoms. The van der Waals surface area contributed by atoms with Crippen LogP contribution in [0.2, 0.25) is 0 Å². The average molecular weight is 194 g/mol. The molecule has 1 nitrogen and oxygen atoms in total. The molecule has 0 unspecified atom stereocenters. The predicted octanol–water partition coefficient (Wildman–Crippen LogP) is 2.98. The molecule has 0 saturated heterocycles. The maximum Gasteiger partial charge on any atom is 0.140 e. The predicted molar refractivity (Wildman–Crippen MR) is 57.3 cm³/mol. The van der Waals surface area contributed by atoms with Crippen LogP contribution < -0.4 is 0 Å². The number of benzene rings is 1. The van der Waals surface area contributed by atoms with Gasteiger partial charge in [-0.05, 0) is 44.0 Å². The van der Waals surface area contributed by atoms with E-state index in [1.165, 1.54) is 16.0 Å². The summed E-state index contributed by atoms with van der Waals surface area (Å²) in [4.78, 5) is 11.9. The summed E-state index contributed by atoms with van der Waals surface area (Å²) in [6.45, 7) is 5.80. The molecule has 0 spiro atoms. The van der Waals surface area contributed by atoms with Crippen LogP contribution in [0.4, 0.5) is 0 Å². The Balaban J connectivity index is 2.68. The van der Waals surface area contributed by atoms with Crippen LogP contribution >= 0.6 is 11.8 Å². The highest BCUT2D eigenvalue weighted by atomic mass is 32.2. The Morgan fingerprint density at radius 1 is 1.31 bits per heavy atom. The number of hydrogen-bond donors (Lipinski definition) is 0. The summed E-state index contributed by atoms with van der Waals surface area (Å²) in [5, 5.41) is 0. The van der Waals surface area contributed by atoms with Crippen molar-refractivity contribution in [3.63, 3.8) is 0 Å². The quantitative estimate of drug-likeness (QED) is 0.688. The monoisotopic (exact) mass is 194 g/mol. The van der Waals surface area contributed by atoms with E-state index in [0.717, 1.165) is 0 Å². The molecule has 0 radical (unpaired) electrons. The van der Waals surface area contributed by atoms with E-state index in [1.54, 1.807) is 18.7 Å². The lowest BCUT2D eigenvalue weighted by Gasteiger charge is -2.03. The SMILES string of the molecule is CC(=O)CSc1ccc(C)c(C)c1. The summed E-state index contributed by atoms with van der Waals surface area (Å²) in [6.07, 6.45) is 0. The summed E-state index contributed by atoms with van der Waals surface area (Å²) in [6, 6.07) is 6.29. The number of ketones is 1. The van der Waals surface area contributed by atoms with Gasteiger partial charge >= 0.3 is 0 Å². The molecule has 0 atom stereocenters. The lowest BCUT2D eigenvalue weighted by molar-refractivity contribution is -0.114.